The van der Waals surface area contributed by atoms with Crippen LogP contribution in [0.15, 0.2) is 36.5 Å². The van der Waals surface area contributed by atoms with Crippen LogP contribution < -0.4 is 0 Å². The molecule has 1 aromatic heterocycles. The minimum Gasteiger partial charge on any atom is -0.377 e. The fourth-order valence-corrected chi connectivity index (χ4v) is 3.62. The zero-order chi connectivity index (χ0) is 13.0. The summed E-state index contributed by atoms with van der Waals surface area (Å²) < 4.78 is 16.3. The highest BCUT2D eigenvalue weighted by molar-refractivity contribution is 6.60. The first-order chi connectivity index (χ1) is 8.74. The molecule has 0 spiro atoms. The molecule has 0 unspecified atom stereocenters. The molecule has 0 aliphatic carbocycles. The Hall–Kier alpha value is -1.27. The second kappa shape index (κ2) is 5.58. The van der Waals surface area contributed by atoms with Crippen LogP contribution in [0.3, 0.4) is 0 Å². The van der Waals surface area contributed by atoms with Gasteiger partial charge in [0, 0.05) is 32.9 Å². The zero-order valence-electron chi connectivity index (χ0n) is 10.8. The van der Waals surface area contributed by atoms with Gasteiger partial charge in [0.1, 0.15) is 0 Å². The normalized spacial score (nSPS) is 11.9. The largest absolute Gasteiger partial charge is 0.506 e. The second-order valence-corrected chi connectivity index (χ2v) is 6.90. The van der Waals surface area contributed by atoms with Crippen LogP contribution in [-0.4, -0.2) is 35.1 Å². The van der Waals surface area contributed by atoms with Crippen LogP contribution in [0.4, 0.5) is 0 Å². The average molecular weight is 263 g/mol. The van der Waals surface area contributed by atoms with Gasteiger partial charge in [-0.3, -0.25) is 4.98 Å². The maximum Gasteiger partial charge on any atom is 0.506 e. The van der Waals surface area contributed by atoms with Gasteiger partial charge in [-0.25, -0.2) is 0 Å². The van der Waals surface area contributed by atoms with E-state index in [1.165, 1.54) is 0 Å². The number of pyridine rings is 1. The van der Waals surface area contributed by atoms with Gasteiger partial charge in [0.15, 0.2) is 0 Å². The molecule has 1 heterocycles. The van der Waals surface area contributed by atoms with E-state index in [9.17, 15) is 0 Å². The van der Waals surface area contributed by atoms with Gasteiger partial charge in [0.25, 0.3) is 0 Å². The van der Waals surface area contributed by atoms with Crippen molar-refractivity contribution < 1.29 is 13.3 Å². The first kappa shape index (κ1) is 13.2. The molecule has 0 amide bonds. The fourth-order valence-electron chi connectivity index (χ4n) is 1.99. The van der Waals surface area contributed by atoms with Crippen molar-refractivity contribution >= 4 is 19.6 Å². The number of nitrogens with zero attached hydrogens (tertiary/aromatic N) is 1. The van der Waals surface area contributed by atoms with Crippen molar-refractivity contribution in [3.63, 3.8) is 0 Å². The summed E-state index contributed by atoms with van der Waals surface area (Å²) in [5, 5.41) is 2.27. The molecule has 5 heteroatoms. The third-order valence-electron chi connectivity index (χ3n) is 3.07. The van der Waals surface area contributed by atoms with Crippen LogP contribution in [0.25, 0.3) is 10.8 Å². The lowest BCUT2D eigenvalue weighted by molar-refractivity contribution is 0.122. The first-order valence-corrected chi connectivity index (χ1v) is 7.66. The molecule has 1 aromatic carbocycles. The molecule has 0 saturated heterocycles. The molecule has 0 radical (unpaired) electrons. The number of rotatable bonds is 5. The zero-order valence-corrected chi connectivity index (χ0v) is 11.8. The summed E-state index contributed by atoms with van der Waals surface area (Å²) in [6, 6.07) is 10.7. The maximum absolute atomic E-state index is 5.44. The number of fused-ring (bicyclic) bond motifs is 1. The second-order valence-electron chi connectivity index (χ2n) is 3.95. The molecule has 96 valence electrons. The van der Waals surface area contributed by atoms with Gasteiger partial charge < -0.3 is 13.3 Å². The Bertz CT molecular complexity index is 515. The summed E-state index contributed by atoms with van der Waals surface area (Å²) in [7, 11) is 2.21. The highest BCUT2D eigenvalue weighted by Gasteiger charge is 2.39. The third kappa shape index (κ3) is 2.44. The summed E-state index contributed by atoms with van der Waals surface area (Å²) >= 11 is 0. The van der Waals surface area contributed by atoms with Gasteiger partial charge >= 0.3 is 8.80 Å². The Morgan fingerprint density at radius 1 is 1.00 bits per heavy atom. The van der Waals surface area contributed by atoms with E-state index in [1.54, 1.807) is 27.5 Å². The lowest BCUT2D eigenvalue weighted by Gasteiger charge is -2.24. The van der Waals surface area contributed by atoms with Crippen molar-refractivity contribution in [1.29, 1.82) is 0 Å². The first-order valence-electron chi connectivity index (χ1n) is 5.73. The van der Waals surface area contributed by atoms with Crippen LogP contribution in [0.1, 0.15) is 5.69 Å². The predicted octanol–water partition coefficient (Wildman–Crippen LogP) is 2.19. The van der Waals surface area contributed by atoms with E-state index in [2.05, 4.69) is 17.1 Å². The maximum atomic E-state index is 5.44. The molecule has 0 saturated carbocycles. The molecule has 0 bridgehead atoms. The van der Waals surface area contributed by atoms with Crippen molar-refractivity contribution in [3.8, 4) is 0 Å². The van der Waals surface area contributed by atoms with Crippen molar-refractivity contribution in [1.82, 2.24) is 4.98 Å². The highest BCUT2D eigenvalue weighted by atomic mass is 28.4. The molecule has 4 nitrogen and oxygen atoms in total. The van der Waals surface area contributed by atoms with Crippen LogP contribution in [-0.2, 0) is 19.3 Å². The molecule has 2 aromatic rings. The number of hydrogen-bond acceptors (Lipinski definition) is 4. The smallest absolute Gasteiger partial charge is 0.377 e. The Morgan fingerprint density at radius 3 is 2.33 bits per heavy atom. The average Bonchev–Trinajstić information content (AvgIpc) is 2.45. The van der Waals surface area contributed by atoms with Gasteiger partial charge in [-0.05, 0) is 11.5 Å². The number of aromatic nitrogens is 1. The Kier molecular flexibility index (Phi) is 4.08. The van der Waals surface area contributed by atoms with Crippen LogP contribution in [0.5, 0.6) is 0 Å². The minimum absolute atomic E-state index is 0.567. The summed E-state index contributed by atoms with van der Waals surface area (Å²) in [6.45, 7) is 0. The van der Waals surface area contributed by atoms with Crippen molar-refractivity contribution in [2.75, 3.05) is 21.3 Å². The van der Waals surface area contributed by atoms with Crippen molar-refractivity contribution in [3.05, 3.63) is 42.2 Å². The van der Waals surface area contributed by atoms with E-state index in [1.807, 2.05) is 18.2 Å². The van der Waals surface area contributed by atoms with Gasteiger partial charge in [-0.1, -0.05) is 24.3 Å². The standard InChI is InChI=1S/C13H17NO3Si/c1-15-18(16-2,17-3)10-13-12-7-5-4-6-11(12)8-9-14-13/h4-9H,10H2,1-3H3. The van der Waals surface area contributed by atoms with E-state index in [0.29, 0.717) is 6.04 Å². The van der Waals surface area contributed by atoms with Gasteiger partial charge in [0.05, 0.1) is 11.7 Å². The Balaban J connectivity index is 2.42. The van der Waals surface area contributed by atoms with E-state index in [4.69, 9.17) is 13.3 Å². The lowest BCUT2D eigenvalue weighted by atomic mass is 10.1. The van der Waals surface area contributed by atoms with Crippen LogP contribution in [0, 0.1) is 0 Å². The van der Waals surface area contributed by atoms with Gasteiger partial charge in [0.2, 0.25) is 0 Å². The van der Waals surface area contributed by atoms with Crippen LogP contribution >= 0.6 is 0 Å². The van der Waals surface area contributed by atoms with Gasteiger partial charge in [-0.15, -0.1) is 0 Å². The fraction of sp³-hybridized carbons (Fsp3) is 0.308. The summed E-state index contributed by atoms with van der Waals surface area (Å²) in [6.07, 6.45) is 1.80. The number of hydrogen-bond donors (Lipinski definition) is 0. The monoisotopic (exact) mass is 263 g/mol. The Morgan fingerprint density at radius 2 is 1.67 bits per heavy atom. The minimum atomic E-state index is -2.64. The molecule has 0 aliphatic heterocycles. The molecule has 18 heavy (non-hydrogen) atoms. The molecule has 0 aliphatic rings. The van der Waals surface area contributed by atoms with Crippen molar-refractivity contribution in [2.45, 2.75) is 6.04 Å². The van der Waals surface area contributed by atoms with E-state index >= 15 is 0 Å². The summed E-state index contributed by atoms with van der Waals surface area (Å²) in [5.74, 6) is 0. The van der Waals surface area contributed by atoms with Crippen molar-refractivity contribution in [2.24, 2.45) is 0 Å². The molecular weight excluding hydrogens is 246 g/mol. The lowest BCUT2D eigenvalue weighted by Crippen LogP contribution is -2.45. The van der Waals surface area contributed by atoms with E-state index in [-0.39, 0.29) is 0 Å². The van der Waals surface area contributed by atoms with Crippen LogP contribution in [0.2, 0.25) is 0 Å². The van der Waals surface area contributed by atoms with Gasteiger partial charge in [-0.2, -0.15) is 0 Å². The molecule has 2 rings (SSSR count). The van der Waals surface area contributed by atoms with E-state index in [0.717, 1.165) is 16.5 Å². The Labute approximate surface area is 108 Å². The number of benzene rings is 1. The quantitative estimate of drug-likeness (QED) is 0.775. The molecular formula is C13H17NO3Si. The summed E-state index contributed by atoms with van der Waals surface area (Å²) in [4.78, 5) is 4.43. The molecule has 0 atom stereocenters. The molecule has 0 fully saturated rings. The summed E-state index contributed by atoms with van der Waals surface area (Å²) in [5.41, 5.74) is 0.949. The van der Waals surface area contributed by atoms with E-state index < -0.39 is 8.80 Å². The molecule has 0 N–H and O–H groups in total. The third-order valence-corrected chi connectivity index (χ3v) is 5.71. The predicted molar refractivity (Wildman–Crippen MR) is 72.2 cm³/mol. The highest BCUT2D eigenvalue weighted by Crippen LogP contribution is 2.21. The topological polar surface area (TPSA) is 40.6 Å². The SMILES string of the molecule is CO[Si](Cc1nccc2ccccc12)(OC)OC.